The maximum Gasteiger partial charge on any atom is 0.255 e. The van der Waals surface area contributed by atoms with Crippen molar-refractivity contribution in [1.82, 2.24) is 0 Å². The summed E-state index contributed by atoms with van der Waals surface area (Å²) >= 11 is 3.42. The van der Waals surface area contributed by atoms with E-state index in [4.69, 9.17) is 10.5 Å². The highest BCUT2D eigenvalue weighted by Gasteiger charge is 2.01. The van der Waals surface area contributed by atoms with Gasteiger partial charge in [0.05, 0.1) is 0 Å². The number of rotatable bonds is 6. The van der Waals surface area contributed by atoms with Crippen molar-refractivity contribution >= 4 is 39.5 Å². The molecule has 24 heavy (non-hydrogen) atoms. The van der Waals surface area contributed by atoms with Crippen LogP contribution in [0.15, 0.2) is 53.0 Å². The molecule has 0 saturated heterocycles. The molecule has 5 nitrogen and oxygen atoms in total. The third kappa shape index (κ3) is 5.55. The zero-order valence-electron chi connectivity index (χ0n) is 13.1. The molecular weight excluding hydrogens is 372 g/mol. The molecule has 2 aromatic rings. The van der Waals surface area contributed by atoms with Crippen LogP contribution < -0.4 is 15.8 Å². The van der Waals surface area contributed by atoms with Crippen molar-refractivity contribution in [2.45, 2.75) is 6.92 Å². The standard InChI is InChI=1S/C18H17BrN2O3/c1-12-10-14(5-8-16(12)19)21-18(23)9-4-13-2-6-15(7-3-13)24-11-17(20)22/h2-10H,11H2,1H3,(H2,20,22)(H,21,23). The topological polar surface area (TPSA) is 81.4 Å². The van der Waals surface area contributed by atoms with Crippen LogP contribution in [0.1, 0.15) is 11.1 Å². The monoisotopic (exact) mass is 388 g/mol. The van der Waals surface area contributed by atoms with Gasteiger partial charge in [-0.2, -0.15) is 0 Å². The van der Waals surface area contributed by atoms with E-state index in [1.165, 1.54) is 6.08 Å². The molecule has 0 aliphatic heterocycles. The molecule has 0 fully saturated rings. The number of nitrogens with one attached hydrogen (secondary N) is 1. The zero-order valence-corrected chi connectivity index (χ0v) is 14.7. The van der Waals surface area contributed by atoms with Gasteiger partial charge in [-0.1, -0.05) is 28.1 Å². The molecule has 0 bridgehead atoms. The number of ether oxygens (including phenoxy) is 1. The fourth-order valence-corrected chi connectivity index (χ4v) is 2.15. The van der Waals surface area contributed by atoms with Crippen molar-refractivity contribution in [3.8, 4) is 5.75 Å². The molecule has 6 heteroatoms. The first-order valence-electron chi connectivity index (χ1n) is 7.20. The average Bonchev–Trinajstić information content (AvgIpc) is 2.55. The first-order valence-corrected chi connectivity index (χ1v) is 8.00. The molecule has 0 aliphatic carbocycles. The Hall–Kier alpha value is -2.60. The SMILES string of the molecule is Cc1cc(NC(=O)C=Cc2ccc(OCC(N)=O)cc2)ccc1Br. The summed E-state index contributed by atoms with van der Waals surface area (Å²) < 4.78 is 6.16. The summed E-state index contributed by atoms with van der Waals surface area (Å²) in [6.07, 6.45) is 3.15. The van der Waals surface area contributed by atoms with Crippen molar-refractivity contribution < 1.29 is 14.3 Å². The molecule has 0 heterocycles. The normalized spacial score (nSPS) is 10.6. The van der Waals surface area contributed by atoms with Crippen molar-refractivity contribution in [3.63, 3.8) is 0 Å². The van der Waals surface area contributed by atoms with E-state index in [-0.39, 0.29) is 12.5 Å². The van der Waals surface area contributed by atoms with E-state index in [2.05, 4.69) is 21.2 Å². The number of nitrogens with two attached hydrogens (primary N) is 1. The number of hydrogen-bond acceptors (Lipinski definition) is 3. The Balaban J connectivity index is 1.93. The minimum atomic E-state index is -0.529. The van der Waals surface area contributed by atoms with Crippen LogP contribution >= 0.6 is 15.9 Å². The molecule has 2 aromatic carbocycles. The van der Waals surface area contributed by atoms with Crippen molar-refractivity contribution in [1.29, 1.82) is 0 Å². The van der Waals surface area contributed by atoms with Crippen LogP contribution in [0.2, 0.25) is 0 Å². The Morgan fingerprint density at radius 1 is 1.21 bits per heavy atom. The van der Waals surface area contributed by atoms with E-state index < -0.39 is 5.91 Å². The molecule has 0 radical (unpaired) electrons. The number of carbonyl (C=O) groups excluding carboxylic acids is 2. The van der Waals surface area contributed by atoms with Crippen molar-refractivity contribution in [3.05, 3.63) is 64.1 Å². The Labute approximate surface area is 148 Å². The van der Waals surface area contributed by atoms with Gasteiger partial charge in [-0.3, -0.25) is 9.59 Å². The zero-order chi connectivity index (χ0) is 17.5. The number of carbonyl (C=O) groups is 2. The quantitative estimate of drug-likeness (QED) is 0.744. The molecule has 0 aliphatic rings. The van der Waals surface area contributed by atoms with E-state index in [9.17, 15) is 9.59 Å². The highest BCUT2D eigenvalue weighted by molar-refractivity contribution is 9.10. The van der Waals surface area contributed by atoms with Gasteiger partial charge in [0.1, 0.15) is 5.75 Å². The van der Waals surface area contributed by atoms with Gasteiger partial charge >= 0.3 is 0 Å². The van der Waals surface area contributed by atoms with E-state index in [0.717, 1.165) is 21.3 Å². The number of primary amides is 1. The van der Waals surface area contributed by atoms with Crippen LogP contribution in [0.4, 0.5) is 5.69 Å². The lowest BCUT2D eigenvalue weighted by Gasteiger charge is -2.05. The molecule has 0 aromatic heterocycles. The second-order valence-electron chi connectivity index (χ2n) is 5.11. The van der Waals surface area contributed by atoms with Gasteiger partial charge in [0.25, 0.3) is 5.91 Å². The second kappa shape index (κ2) is 8.31. The minimum Gasteiger partial charge on any atom is -0.484 e. The molecule has 0 unspecified atom stereocenters. The summed E-state index contributed by atoms with van der Waals surface area (Å²) in [7, 11) is 0. The molecule has 3 N–H and O–H groups in total. The van der Waals surface area contributed by atoms with Crippen LogP contribution in [-0.4, -0.2) is 18.4 Å². The van der Waals surface area contributed by atoms with E-state index in [1.807, 2.05) is 25.1 Å². The van der Waals surface area contributed by atoms with Gasteiger partial charge in [-0.15, -0.1) is 0 Å². The number of benzene rings is 2. The maximum absolute atomic E-state index is 11.9. The number of amides is 2. The van der Waals surface area contributed by atoms with Crippen molar-refractivity contribution in [2.75, 3.05) is 11.9 Å². The summed E-state index contributed by atoms with van der Waals surface area (Å²) in [5, 5.41) is 2.80. The van der Waals surface area contributed by atoms with E-state index in [1.54, 1.807) is 30.3 Å². The first kappa shape index (κ1) is 17.7. The Morgan fingerprint density at radius 2 is 1.92 bits per heavy atom. The number of hydrogen-bond donors (Lipinski definition) is 2. The molecule has 0 saturated carbocycles. The van der Waals surface area contributed by atoms with Gasteiger partial charge in [-0.05, 0) is 54.5 Å². The van der Waals surface area contributed by atoms with Gasteiger partial charge < -0.3 is 15.8 Å². The van der Waals surface area contributed by atoms with Crippen LogP contribution in [-0.2, 0) is 9.59 Å². The summed E-state index contributed by atoms with van der Waals surface area (Å²) in [5.41, 5.74) is 7.63. The third-order valence-corrected chi connectivity index (χ3v) is 4.00. The Morgan fingerprint density at radius 3 is 2.54 bits per heavy atom. The smallest absolute Gasteiger partial charge is 0.255 e. The van der Waals surface area contributed by atoms with E-state index in [0.29, 0.717) is 5.75 Å². The minimum absolute atomic E-state index is 0.163. The predicted molar refractivity (Wildman–Crippen MR) is 97.7 cm³/mol. The lowest BCUT2D eigenvalue weighted by molar-refractivity contribution is -0.120. The highest BCUT2D eigenvalue weighted by Crippen LogP contribution is 2.20. The largest absolute Gasteiger partial charge is 0.484 e. The Kier molecular flexibility index (Phi) is 6.14. The number of anilines is 1. The highest BCUT2D eigenvalue weighted by atomic mass is 79.9. The van der Waals surface area contributed by atoms with Crippen LogP contribution in [0.5, 0.6) is 5.75 Å². The molecule has 0 spiro atoms. The molecule has 2 rings (SSSR count). The van der Waals surface area contributed by atoms with Gasteiger partial charge in [0.15, 0.2) is 6.61 Å². The lowest BCUT2D eigenvalue weighted by Crippen LogP contribution is -2.19. The fourth-order valence-electron chi connectivity index (χ4n) is 1.91. The van der Waals surface area contributed by atoms with Gasteiger partial charge in [0, 0.05) is 16.2 Å². The number of aryl methyl sites for hydroxylation is 1. The third-order valence-electron chi connectivity index (χ3n) is 3.11. The molecular formula is C18H17BrN2O3. The maximum atomic E-state index is 11.9. The summed E-state index contributed by atoms with van der Waals surface area (Å²) in [4.78, 5) is 22.6. The summed E-state index contributed by atoms with van der Waals surface area (Å²) in [6, 6.07) is 12.6. The molecule has 0 atom stereocenters. The summed E-state index contributed by atoms with van der Waals surface area (Å²) in [6.45, 7) is 1.79. The Bertz CT molecular complexity index is 770. The van der Waals surface area contributed by atoms with Gasteiger partial charge in [-0.25, -0.2) is 0 Å². The van der Waals surface area contributed by atoms with Crippen LogP contribution in [0.25, 0.3) is 6.08 Å². The predicted octanol–water partition coefficient (Wildman–Crippen LogP) is 3.27. The van der Waals surface area contributed by atoms with Crippen molar-refractivity contribution in [2.24, 2.45) is 5.73 Å². The fraction of sp³-hybridized carbons (Fsp3) is 0.111. The van der Waals surface area contributed by atoms with Crippen LogP contribution in [0.3, 0.4) is 0 Å². The molecule has 124 valence electrons. The van der Waals surface area contributed by atoms with Crippen LogP contribution in [0, 0.1) is 6.92 Å². The number of halogens is 1. The summed E-state index contributed by atoms with van der Waals surface area (Å²) in [5.74, 6) is -0.203. The average molecular weight is 389 g/mol. The van der Waals surface area contributed by atoms with E-state index >= 15 is 0 Å². The van der Waals surface area contributed by atoms with Gasteiger partial charge in [0.2, 0.25) is 5.91 Å². The second-order valence-corrected chi connectivity index (χ2v) is 5.96. The molecule has 2 amide bonds. The first-order chi connectivity index (χ1) is 11.4. The lowest BCUT2D eigenvalue weighted by atomic mass is 10.2.